The minimum Gasteiger partial charge on any atom is -0.310 e. The van der Waals surface area contributed by atoms with Crippen molar-refractivity contribution in [2.24, 2.45) is 5.41 Å². The van der Waals surface area contributed by atoms with E-state index in [2.05, 4.69) is 62.4 Å². The van der Waals surface area contributed by atoms with Crippen molar-refractivity contribution in [2.75, 3.05) is 14.1 Å². The molecule has 1 aromatic carbocycles. The highest BCUT2D eigenvalue weighted by atomic mass is 15.0. The minimum absolute atomic E-state index is 0.557. The number of rotatable bonds is 5. The topological polar surface area (TPSA) is 15.3 Å². The van der Waals surface area contributed by atoms with Crippen LogP contribution in [-0.4, -0.2) is 25.0 Å². The third-order valence-electron chi connectivity index (χ3n) is 4.53. The van der Waals surface area contributed by atoms with Crippen molar-refractivity contribution in [3.05, 3.63) is 35.4 Å². The molecule has 0 radical (unpaired) electrons. The Hall–Kier alpha value is -0.860. The molecule has 1 N–H and O–H groups in total. The molecule has 1 aliphatic carbocycles. The van der Waals surface area contributed by atoms with Crippen LogP contribution in [0.1, 0.15) is 50.7 Å². The second-order valence-electron chi connectivity index (χ2n) is 7.33. The highest BCUT2D eigenvalue weighted by molar-refractivity contribution is 5.27. The molecule has 1 saturated carbocycles. The van der Waals surface area contributed by atoms with Crippen LogP contribution in [0.2, 0.25) is 0 Å². The molecule has 1 fully saturated rings. The third-order valence-corrected chi connectivity index (χ3v) is 4.53. The van der Waals surface area contributed by atoms with Crippen molar-refractivity contribution in [1.82, 2.24) is 10.2 Å². The van der Waals surface area contributed by atoms with Gasteiger partial charge in [0.15, 0.2) is 0 Å². The highest BCUT2D eigenvalue weighted by Crippen LogP contribution is 2.35. The van der Waals surface area contributed by atoms with E-state index < -0.39 is 0 Å². The highest BCUT2D eigenvalue weighted by Gasteiger charge is 2.26. The summed E-state index contributed by atoms with van der Waals surface area (Å²) in [5, 5.41) is 3.77. The number of benzene rings is 1. The van der Waals surface area contributed by atoms with E-state index in [4.69, 9.17) is 0 Å². The van der Waals surface area contributed by atoms with Crippen LogP contribution < -0.4 is 5.32 Å². The lowest BCUT2D eigenvalue weighted by atomic mass is 9.75. The molecule has 0 heterocycles. The van der Waals surface area contributed by atoms with Crippen LogP contribution in [0.25, 0.3) is 0 Å². The first-order valence-corrected chi connectivity index (χ1v) is 7.91. The summed E-state index contributed by atoms with van der Waals surface area (Å²) in [6.45, 7) is 6.83. The Balaban J connectivity index is 1.88. The van der Waals surface area contributed by atoms with E-state index in [1.165, 1.54) is 36.8 Å². The summed E-state index contributed by atoms with van der Waals surface area (Å²) in [6.07, 6.45) is 5.35. The average Bonchev–Trinajstić information content (AvgIpc) is 2.38. The number of hydrogen-bond donors (Lipinski definition) is 1. The molecule has 0 spiro atoms. The maximum Gasteiger partial charge on any atom is 0.0230 e. The van der Waals surface area contributed by atoms with Crippen LogP contribution in [0.4, 0.5) is 0 Å². The van der Waals surface area contributed by atoms with Gasteiger partial charge in [-0.15, -0.1) is 0 Å². The Morgan fingerprint density at radius 2 is 1.70 bits per heavy atom. The van der Waals surface area contributed by atoms with Gasteiger partial charge in [-0.2, -0.15) is 0 Å². The molecule has 0 aliphatic heterocycles. The molecule has 2 nitrogen and oxygen atoms in total. The smallest absolute Gasteiger partial charge is 0.0230 e. The summed E-state index contributed by atoms with van der Waals surface area (Å²) >= 11 is 0. The molecule has 1 aliphatic rings. The van der Waals surface area contributed by atoms with E-state index in [9.17, 15) is 0 Å². The quantitative estimate of drug-likeness (QED) is 0.878. The predicted octanol–water partition coefficient (Wildman–Crippen LogP) is 3.81. The Bertz CT molecular complexity index is 413. The molecule has 0 atom stereocenters. The van der Waals surface area contributed by atoms with Gasteiger partial charge in [0.25, 0.3) is 0 Å². The van der Waals surface area contributed by atoms with Crippen LogP contribution in [0.15, 0.2) is 24.3 Å². The fourth-order valence-corrected chi connectivity index (χ4v) is 3.08. The van der Waals surface area contributed by atoms with Gasteiger partial charge in [-0.25, -0.2) is 0 Å². The van der Waals surface area contributed by atoms with Gasteiger partial charge in [0, 0.05) is 19.1 Å². The van der Waals surface area contributed by atoms with Gasteiger partial charge in [-0.05, 0) is 56.3 Å². The van der Waals surface area contributed by atoms with Gasteiger partial charge in [-0.3, -0.25) is 0 Å². The van der Waals surface area contributed by atoms with Crippen LogP contribution in [0.5, 0.6) is 0 Å². The van der Waals surface area contributed by atoms with Gasteiger partial charge in [0.05, 0.1) is 0 Å². The molecule has 2 heteroatoms. The summed E-state index contributed by atoms with van der Waals surface area (Å²) in [5.41, 5.74) is 3.45. The zero-order chi connectivity index (χ0) is 14.6. The molecule has 0 amide bonds. The van der Waals surface area contributed by atoms with Crippen molar-refractivity contribution in [3.63, 3.8) is 0 Å². The molecule has 0 aromatic heterocycles. The van der Waals surface area contributed by atoms with Crippen molar-refractivity contribution < 1.29 is 0 Å². The van der Waals surface area contributed by atoms with Crippen LogP contribution in [0, 0.1) is 5.41 Å². The van der Waals surface area contributed by atoms with E-state index in [0.29, 0.717) is 11.5 Å². The molecular weight excluding hydrogens is 244 g/mol. The monoisotopic (exact) mass is 274 g/mol. The van der Waals surface area contributed by atoms with E-state index in [1.807, 2.05) is 0 Å². The number of nitrogens with one attached hydrogen (secondary N) is 1. The maximum absolute atomic E-state index is 3.77. The zero-order valence-corrected chi connectivity index (χ0v) is 13.6. The van der Waals surface area contributed by atoms with Gasteiger partial charge >= 0.3 is 0 Å². The Labute approximate surface area is 124 Å². The number of hydrogen-bond acceptors (Lipinski definition) is 2. The second-order valence-corrected chi connectivity index (χ2v) is 7.33. The number of nitrogens with zero attached hydrogens (tertiary/aromatic N) is 1. The van der Waals surface area contributed by atoms with Crippen LogP contribution >= 0.6 is 0 Å². The molecule has 0 bridgehead atoms. The molecule has 0 unspecified atom stereocenters. The van der Waals surface area contributed by atoms with E-state index in [-0.39, 0.29) is 0 Å². The summed E-state index contributed by atoms with van der Waals surface area (Å²) in [5.74, 6) is 0. The Morgan fingerprint density at radius 1 is 1.10 bits per heavy atom. The van der Waals surface area contributed by atoms with Gasteiger partial charge < -0.3 is 10.2 Å². The van der Waals surface area contributed by atoms with Gasteiger partial charge in [-0.1, -0.05) is 38.1 Å². The predicted molar refractivity (Wildman–Crippen MR) is 86.7 cm³/mol. The standard InChI is InChI=1S/C18H30N2/c1-18(2)11-9-17(10-12-18)19-13-15-7-5-6-8-16(15)14-20(3)4/h5-8,17,19H,9-14H2,1-4H3. The van der Waals surface area contributed by atoms with Gasteiger partial charge in [0.1, 0.15) is 0 Å². The molecule has 2 rings (SSSR count). The maximum atomic E-state index is 3.77. The lowest BCUT2D eigenvalue weighted by Gasteiger charge is -2.34. The van der Waals surface area contributed by atoms with Crippen LogP contribution in [0.3, 0.4) is 0 Å². The first-order valence-electron chi connectivity index (χ1n) is 7.91. The van der Waals surface area contributed by atoms with Crippen molar-refractivity contribution >= 4 is 0 Å². The summed E-state index contributed by atoms with van der Waals surface area (Å²) in [7, 11) is 4.26. The molecular formula is C18H30N2. The molecule has 112 valence electrons. The van der Waals surface area contributed by atoms with Crippen molar-refractivity contribution in [2.45, 2.75) is 58.7 Å². The van der Waals surface area contributed by atoms with Gasteiger partial charge in [0.2, 0.25) is 0 Å². The summed E-state index contributed by atoms with van der Waals surface area (Å²) in [6, 6.07) is 9.51. The Morgan fingerprint density at radius 3 is 2.30 bits per heavy atom. The minimum atomic E-state index is 0.557. The molecule has 0 saturated heterocycles. The van der Waals surface area contributed by atoms with Crippen molar-refractivity contribution in [3.8, 4) is 0 Å². The van der Waals surface area contributed by atoms with E-state index >= 15 is 0 Å². The normalized spacial score (nSPS) is 19.4. The van der Waals surface area contributed by atoms with Crippen LogP contribution in [-0.2, 0) is 13.1 Å². The van der Waals surface area contributed by atoms with Crippen molar-refractivity contribution in [1.29, 1.82) is 0 Å². The fourth-order valence-electron chi connectivity index (χ4n) is 3.08. The lowest BCUT2D eigenvalue weighted by Crippen LogP contribution is -2.35. The summed E-state index contributed by atoms with van der Waals surface area (Å²) in [4.78, 5) is 2.24. The largest absolute Gasteiger partial charge is 0.310 e. The average molecular weight is 274 g/mol. The first kappa shape index (κ1) is 15.5. The Kier molecular flexibility index (Phi) is 5.22. The summed E-state index contributed by atoms with van der Waals surface area (Å²) < 4.78 is 0. The molecule has 1 aromatic rings. The second kappa shape index (κ2) is 6.73. The lowest BCUT2D eigenvalue weighted by molar-refractivity contribution is 0.206. The van der Waals surface area contributed by atoms with E-state index in [1.54, 1.807) is 0 Å². The van der Waals surface area contributed by atoms with E-state index in [0.717, 1.165) is 13.1 Å². The SMILES string of the molecule is CN(C)Cc1ccccc1CNC1CCC(C)(C)CC1. The first-order chi connectivity index (χ1) is 9.46. The molecule has 20 heavy (non-hydrogen) atoms. The zero-order valence-electron chi connectivity index (χ0n) is 13.6. The fraction of sp³-hybridized carbons (Fsp3) is 0.667. The third kappa shape index (κ3) is 4.60.